The van der Waals surface area contributed by atoms with Gasteiger partial charge < -0.3 is 14.8 Å². The molecule has 0 saturated carbocycles. The van der Waals surface area contributed by atoms with Gasteiger partial charge in [0.25, 0.3) is 5.56 Å². The SMILES string of the molecule is COC(=O)COc1ccc(NC(=O)Cn2nc(-c3ccc(C)c(S(=O)(=O)N4CCCCC4)c3)c3ccccc3c2=O)cc1. The maximum atomic E-state index is 13.6. The van der Waals surface area contributed by atoms with Crippen molar-refractivity contribution in [1.29, 1.82) is 0 Å². The molecule has 1 amide bonds. The molecule has 1 aromatic heterocycles. The van der Waals surface area contributed by atoms with Gasteiger partial charge in [-0.1, -0.05) is 36.8 Å². The molecule has 3 aromatic carbocycles. The van der Waals surface area contributed by atoms with E-state index in [0.29, 0.717) is 52.1 Å². The van der Waals surface area contributed by atoms with Crippen LogP contribution in [0.25, 0.3) is 22.0 Å². The summed E-state index contributed by atoms with van der Waals surface area (Å²) in [7, 11) is -2.45. The van der Waals surface area contributed by atoms with Gasteiger partial charge in [-0.25, -0.2) is 17.9 Å². The van der Waals surface area contributed by atoms with Crippen LogP contribution in [0.1, 0.15) is 24.8 Å². The molecule has 1 fully saturated rings. The predicted octanol–water partition coefficient (Wildman–Crippen LogP) is 3.74. The molecule has 5 rings (SSSR count). The van der Waals surface area contributed by atoms with Gasteiger partial charge in [-0.3, -0.25) is 9.59 Å². The highest BCUT2D eigenvalue weighted by molar-refractivity contribution is 7.89. The second-order valence-electron chi connectivity index (χ2n) is 10.2. The van der Waals surface area contributed by atoms with E-state index in [1.165, 1.54) is 11.4 Å². The molecule has 0 spiro atoms. The van der Waals surface area contributed by atoms with Crippen LogP contribution in [0.4, 0.5) is 5.69 Å². The number of carbonyl (C=O) groups is 2. The molecule has 43 heavy (non-hydrogen) atoms. The molecule has 1 aliphatic rings. The third-order valence-electron chi connectivity index (χ3n) is 7.28. The van der Waals surface area contributed by atoms with Crippen molar-refractivity contribution >= 4 is 38.4 Å². The topological polar surface area (TPSA) is 137 Å². The van der Waals surface area contributed by atoms with E-state index in [0.717, 1.165) is 23.9 Å². The number of hydrogen-bond acceptors (Lipinski definition) is 8. The Balaban J connectivity index is 1.44. The van der Waals surface area contributed by atoms with Gasteiger partial charge in [0.2, 0.25) is 15.9 Å². The fourth-order valence-electron chi connectivity index (χ4n) is 5.00. The molecule has 12 heteroatoms. The van der Waals surface area contributed by atoms with Crippen LogP contribution in [0.3, 0.4) is 0 Å². The lowest BCUT2D eigenvalue weighted by Crippen LogP contribution is -2.36. The van der Waals surface area contributed by atoms with E-state index in [4.69, 9.17) is 4.74 Å². The molecule has 11 nitrogen and oxygen atoms in total. The van der Waals surface area contributed by atoms with E-state index < -0.39 is 27.5 Å². The van der Waals surface area contributed by atoms with Crippen molar-refractivity contribution in [1.82, 2.24) is 14.1 Å². The number of aromatic nitrogens is 2. The number of anilines is 1. The molecule has 0 aliphatic carbocycles. The van der Waals surface area contributed by atoms with Crippen molar-refractivity contribution in [2.24, 2.45) is 0 Å². The summed E-state index contributed by atoms with van der Waals surface area (Å²) in [5, 5.41) is 8.19. The van der Waals surface area contributed by atoms with Crippen LogP contribution in [0, 0.1) is 6.92 Å². The minimum Gasteiger partial charge on any atom is -0.482 e. The highest BCUT2D eigenvalue weighted by Crippen LogP contribution is 2.30. The molecule has 4 aromatic rings. The summed E-state index contributed by atoms with van der Waals surface area (Å²) in [4.78, 5) is 37.8. The van der Waals surface area contributed by atoms with Gasteiger partial charge in [-0.2, -0.15) is 9.40 Å². The summed E-state index contributed by atoms with van der Waals surface area (Å²) in [5.74, 6) is -0.591. The zero-order valence-electron chi connectivity index (χ0n) is 23.9. The highest BCUT2D eigenvalue weighted by atomic mass is 32.2. The summed E-state index contributed by atoms with van der Waals surface area (Å²) in [5.41, 5.74) is 1.54. The Morgan fingerprint density at radius 1 is 0.953 bits per heavy atom. The van der Waals surface area contributed by atoms with Gasteiger partial charge in [-0.15, -0.1) is 0 Å². The smallest absolute Gasteiger partial charge is 0.343 e. The Hall–Kier alpha value is -4.55. The minimum atomic E-state index is -3.72. The van der Waals surface area contributed by atoms with E-state index >= 15 is 0 Å². The van der Waals surface area contributed by atoms with Crippen LogP contribution in [0.5, 0.6) is 5.75 Å². The first-order chi connectivity index (χ1) is 20.7. The summed E-state index contributed by atoms with van der Waals surface area (Å²) in [6, 6.07) is 18.4. The molecule has 0 atom stereocenters. The number of amides is 1. The third kappa shape index (κ3) is 6.60. The molecule has 1 saturated heterocycles. The number of nitrogens with zero attached hydrogens (tertiary/aromatic N) is 3. The van der Waals surface area contributed by atoms with Crippen LogP contribution >= 0.6 is 0 Å². The Labute approximate surface area is 249 Å². The first-order valence-corrected chi connectivity index (χ1v) is 15.3. The lowest BCUT2D eigenvalue weighted by molar-refractivity contribution is -0.142. The highest BCUT2D eigenvalue weighted by Gasteiger charge is 2.28. The van der Waals surface area contributed by atoms with Crippen LogP contribution in [0.15, 0.2) is 76.4 Å². The quantitative estimate of drug-likeness (QED) is 0.286. The largest absolute Gasteiger partial charge is 0.482 e. The number of aryl methyl sites for hydroxylation is 1. The van der Waals surface area contributed by atoms with Gasteiger partial charge in [0, 0.05) is 29.7 Å². The fourth-order valence-corrected chi connectivity index (χ4v) is 6.77. The maximum Gasteiger partial charge on any atom is 0.343 e. The first-order valence-electron chi connectivity index (χ1n) is 13.9. The zero-order chi connectivity index (χ0) is 30.6. The number of hydrogen-bond donors (Lipinski definition) is 1. The molecule has 0 bridgehead atoms. The van der Waals surface area contributed by atoms with Gasteiger partial charge in [-0.05, 0) is 61.7 Å². The van der Waals surface area contributed by atoms with Gasteiger partial charge in [0.1, 0.15) is 12.3 Å². The van der Waals surface area contributed by atoms with Crippen molar-refractivity contribution in [3.05, 3.63) is 82.6 Å². The van der Waals surface area contributed by atoms with Crippen molar-refractivity contribution in [3.8, 4) is 17.0 Å². The van der Waals surface area contributed by atoms with Crippen LogP contribution < -0.4 is 15.6 Å². The number of piperidine rings is 1. The molecule has 1 aliphatic heterocycles. The number of fused-ring (bicyclic) bond motifs is 1. The number of nitrogens with one attached hydrogen (secondary N) is 1. The number of carbonyl (C=O) groups excluding carboxylic acids is 2. The molecular formula is C31H32N4O7S. The average Bonchev–Trinajstić information content (AvgIpc) is 3.02. The summed E-state index contributed by atoms with van der Waals surface area (Å²) >= 11 is 0. The van der Waals surface area contributed by atoms with Gasteiger partial charge >= 0.3 is 5.97 Å². The molecule has 224 valence electrons. The van der Waals surface area contributed by atoms with Gasteiger partial charge in [0.15, 0.2) is 6.61 Å². The Morgan fingerprint density at radius 2 is 1.65 bits per heavy atom. The fraction of sp³-hybridized carbons (Fsp3) is 0.290. The number of benzene rings is 3. The van der Waals surface area contributed by atoms with Crippen molar-refractivity contribution in [3.63, 3.8) is 0 Å². The van der Waals surface area contributed by atoms with Gasteiger partial charge in [0.05, 0.1) is 23.1 Å². The second kappa shape index (κ2) is 12.8. The third-order valence-corrected chi connectivity index (χ3v) is 9.32. The first kappa shape index (κ1) is 29.9. The summed E-state index contributed by atoms with van der Waals surface area (Å²) in [6.45, 7) is 2.11. The van der Waals surface area contributed by atoms with E-state index in [1.54, 1.807) is 73.7 Å². The second-order valence-corrected chi connectivity index (χ2v) is 12.1. The van der Waals surface area contributed by atoms with E-state index in [2.05, 4.69) is 15.2 Å². The van der Waals surface area contributed by atoms with Crippen molar-refractivity contribution in [2.45, 2.75) is 37.6 Å². The van der Waals surface area contributed by atoms with Crippen molar-refractivity contribution in [2.75, 3.05) is 32.1 Å². The molecule has 1 N–H and O–H groups in total. The van der Waals surface area contributed by atoms with Crippen LogP contribution in [-0.4, -0.2) is 61.2 Å². The van der Waals surface area contributed by atoms with Crippen molar-refractivity contribution < 1.29 is 27.5 Å². The van der Waals surface area contributed by atoms with Crippen LogP contribution in [0.2, 0.25) is 0 Å². The Morgan fingerprint density at radius 3 is 2.35 bits per heavy atom. The van der Waals surface area contributed by atoms with E-state index in [1.807, 2.05) is 0 Å². The maximum absolute atomic E-state index is 13.6. The molecule has 2 heterocycles. The van der Waals surface area contributed by atoms with Crippen LogP contribution in [-0.2, 0) is 30.9 Å². The number of ether oxygens (including phenoxy) is 2. The minimum absolute atomic E-state index is 0.201. The number of rotatable bonds is 9. The average molecular weight is 605 g/mol. The lowest BCUT2D eigenvalue weighted by atomic mass is 10.0. The predicted molar refractivity (Wildman–Crippen MR) is 161 cm³/mol. The Bertz CT molecular complexity index is 1830. The zero-order valence-corrected chi connectivity index (χ0v) is 24.7. The summed E-state index contributed by atoms with van der Waals surface area (Å²) in [6.07, 6.45) is 2.65. The standard InChI is InChI=1S/C31H32N4O7S/c1-21-10-11-22(18-27(21)43(39,40)34-16-6-3-7-17-34)30-25-8-4-5-9-26(25)31(38)35(33-30)19-28(36)32-23-12-14-24(15-13-23)42-20-29(37)41-2/h4-5,8-15,18H,3,6-7,16-17,19-20H2,1-2H3,(H,32,36). The number of esters is 1. The number of sulfonamides is 1. The monoisotopic (exact) mass is 604 g/mol. The lowest BCUT2D eigenvalue weighted by Gasteiger charge is -2.26. The summed E-state index contributed by atoms with van der Waals surface area (Å²) < 4.78 is 39.6. The molecule has 0 radical (unpaired) electrons. The molecule has 0 unspecified atom stereocenters. The van der Waals surface area contributed by atoms with E-state index in [-0.39, 0.29) is 18.0 Å². The number of methoxy groups -OCH3 is 1. The molecular weight excluding hydrogens is 572 g/mol. The normalized spacial score (nSPS) is 13.9. The van der Waals surface area contributed by atoms with E-state index in [9.17, 15) is 22.8 Å². The Kier molecular flexibility index (Phi) is 8.88.